The molecule has 0 unspecified atom stereocenters. The molecule has 0 aliphatic carbocycles. The van der Waals surface area contributed by atoms with Gasteiger partial charge in [-0.25, -0.2) is 9.97 Å². The molecule has 112 valence electrons. The number of benzene rings is 1. The smallest absolute Gasteiger partial charge is 0.259 e. The van der Waals surface area contributed by atoms with Crippen LogP contribution in [0, 0.1) is 0 Å². The number of pyridine rings is 1. The van der Waals surface area contributed by atoms with Gasteiger partial charge in [-0.1, -0.05) is 12.1 Å². The molecule has 0 fully saturated rings. The molecule has 0 N–H and O–H groups in total. The minimum Gasteiger partial charge on any atom is -0.480 e. The van der Waals surface area contributed by atoms with Crippen LogP contribution in [0.5, 0.6) is 5.88 Å². The van der Waals surface area contributed by atoms with Gasteiger partial charge in [0, 0.05) is 13.2 Å². The van der Waals surface area contributed by atoms with Gasteiger partial charge in [0.05, 0.1) is 23.9 Å². The van der Waals surface area contributed by atoms with E-state index in [1.165, 1.54) is 7.11 Å². The van der Waals surface area contributed by atoms with Crippen molar-refractivity contribution >= 4 is 27.5 Å². The summed E-state index contributed by atoms with van der Waals surface area (Å²) in [5, 5.41) is 0.903. The van der Waals surface area contributed by atoms with Crippen molar-refractivity contribution < 1.29 is 9.53 Å². The highest BCUT2D eigenvalue weighted by molar-refractivity contribution is 7.18. The van der Waals surface area contributed by atoms with Crippen molar-refractivity contribution in [3.8, 4) is 5.88 Å². The number of hydrogen-bond acceptors (Lipinski definition) is 5. The van der Waals surface area contributed by atoms with Gasteiger partial charge in [0.2, 0.25) is 5.88 Å². The number of carbonyl (C=O) groups is 1. The molecule has 3 rings (SSSR count). The zero-order valence-corrected chi connectivity index (χ0v) is 13.1. The summed E-state index contributed by atoms with van der Waals surface area (Å²) in [6.07, 6.45) is 1.60. The minimum absolute atomic E-state index is 0.135. The van der Waals surface area contributed by atoms with E-state index in [2.05, 4.69) is 9.97 Å². The fourth-order valence-electron chi connectivity index (χ4n) is 2.18. The minimum atomic E-state index is -0.135. The van der Waals surface area contributed by atoms with E-state index in [4.69, 9.17) is 4.74 Å². The van der Waals surface area contributed by atoms with Crippen LogP contribution in [-0.2, 0) is 6.54 Å². The second-order valence-electron chi connectivity index (χ2n) is 4.80. The Morgan fingerprint density at radius 2 is 2.09 bits per heavy atom. The molecule has 22 heavy (non-hydrogen) atoms. The van der Waals surface area contributed by atoms with Crippen LogP contribution in [0.4, 0.5) is 0 Å². The van der Waals surface area contributed by atoms with Crippen molar-refractivity contribution in [2.45, 2.75) is 6.54 Å². The highest BCUT2D eigenvalue weighted by Crippen LogP contribution is 2.23. The number of para-hydroxylation sites is 1. The normalized spacial score (nSPS) is 10.6. The second kappa shape index (κ2) is 6.11. The topological polar surface area (TPSA) is 55.3 Å². The fourth-order valence-corrected chi connectivity index (χ4v) is 3.21. The number of hydrogen-bond donors (Lipinski definition) is 0. The largest absolute Gasteiger partial charge is 0.480 e. The summed E-state index contributed by atoms with van der Waals surface area (Å²) in [6, 6.07) is 11.4. The molecular formula is C16H15N3O2S. The lowest BCUT2D eigenvalue weighted by Gasteiger charge is -2.16. The van der Waals surface area contributed by atoms with Gasteiger partial charge in [0.1, 0.15) is 10.6 Å². The van der Waals surface area contributed by atoms with Crippen LogP contribution in [0.15, 0.2) is 42.6 Å². The third-order valence-electron chi connectivity index (χ3n) is 3.25. The zero-order valence-electron chi connectivity index (χ0n) is 12.3. The molecule has 0 aliphatic rings. The first-order valence-electron chi connectivity index (χ1n) is 6.78. The Morgan fingerprint density at radius 1 is 1.27 bits per heavy atom. The summed E-state index contributed by atoms with van der Waals surface area (Å²) in [7, 11) is 3.26. The van der Waals surface area contributed by atoms with Crippen LogP contribution >= 0.6 is 11.3 Å². The molecule has 5 nitrogen and oxygen atoms in total. The quantitative estimate of drug-likeness (QED) is 0.743. The first kappa shape index (κ1) is 14.5. The zero-order chi connectivity index (χ0) is 15.5. The van der Waals surface area contributed by atoms with Crippen molar-refractivity contribution in [1.82, 2.24) is 14.9 Å². The molecule has 2 heterocycles. The molecule has 0 aliphatic heterocycles. The van der Waals surface area contributed by atoms with E-state index < -0.39 is 0 Å². The van der Waals surface area contributed by atoms with E-state index in [-0.39, 0.29) is 5.91 Å². The number of ether oxygens (including phenoxy) is 1. The maximum Gasteiger partial charge on any atom is 0.259 e. The molecule has 0 saturated heterocycles. The molecule has 6 heteroatoms. The molecule has 0 radical (unpaired) electrons. The Hall–Kier alpha value is -2.47. The molecule has 0 bridgehead atoms. The van der Waals surface area contributed by atoms with Crippen LogP contribution in [0.2, 0.25) is 0 Å². The van der Waals surface area contributed by atoms with E-state index >= 15 is 0 Å². The van der Waals surface area contributed by atoms with Crippen LogP contribution in [0.25, 0.3) is 10.2 Å². The second-order valence-corrected chi connectivity index (χ2v) is 5.91. The van der Waals surface area contributed by atoms with Crippen molar-refractivity contribution in [3.63, 3.8) is 0 Å². The number of methoxy groups -OCH3 is 1. The average Bonchev–Trinajstić information content (AvgIpc) is 2.96. The number of aromatic nitrogens is 2. The highest BCUT2D eigenvalue weighted by atomic mass is 32.1. The highest BCUT2D eigenvalue weighted by Gasteiger charge is 2.18. The third-order valence-corrected chi connectivity index (χ3v) is 4.27. The van der Waals surface area contributed by atoms with Crippen LogP contribution in [0.1, 0.15) is 15.4 Å². The van der Waals surface area contributed by atoms with Gasteiger partial charge < -0.3 is 9.64 Å². The lowest BCUT2D eigenvalue weighted by atomic mass is 10.2. The van der Waals surface area contributed by atoms with Crippen LogP contribution in [-0.4, -0.2) is 34.9 Å². The first-order chi connectivity index (χ1) is 10.7. The number of fused-ring (bicyclic) bond motifs is 1. The summed E-state index contributed by atoms with van der Waals surface area (Å²) in [6.45, 7) is 0.455. The van der Waals surface area contributed by atoms with Crippen LogP contribution in [0.3, 0.4) is 0 Å². The van der Waals surface area contributed by atoms with E-state index in [0.29, 0.717) is 18.0 Å². The predicted molar refractivity (Wildman–Crippen MR) is 86.2 cm³/mol. The molecular weight excluding hydrogens is 298 g/mol. The van der Waals surface area contributed by atoms with Crippen molar-refractivity contribution in [1.29, 1.82) is 0 Å². The molecule has 3 aromatic rings. The summed E-state index contributed by atoms with van der Waals surface area (Å²) >= 11 is 1.60. The summed E-state index contributed by atoms with van der Waals surface area (Å²) in [4.78, 5) is 22.8. The van der Waals surface area contributed by atoms with Crippen molar-refractivity contribution in [2.75, 3.05) is 14.2 Å². The molecule has 0 atom stereocenters. The van der Waals surface area contributed by atoms with Gasteiger partial charge in [-0.2, -0.15) is 0 Å². The predicted octanol–water partition coefficient (Wildman–Crippen LogP) is 2.97. The van der Waals surface area contributed by atoms with Gasteiger partial charge >= 0.3 is 0 Å². The van der Waals surface area contributed by atoms with Crippen LogP contribution < -0.4 is 4.74 Å². The van der Waals surface area contributed by atoms with Gasteiger partial charge in [-0.3, -0.25) is 4.79 Å². The Balaban J connectivity index is 1.81. The first-order valence-corrected chi connectivity index (χ1v) is 7.59. The van der Waals surface area contributed by atoms with E-state index in [0.717, 1.165) is 15.2 Å². The third kappa shape index (κ3) is 2.78. The fraction of sp³-hybridized carbons (Fsp3) is 0.188. The molecule has 0 saturated carbocycles. The summed E-state index contributed by atoms with van der Waals surface area (Å²) < 4.78 is 6.27. The lowest BCUT2D eigenvalue weighted by Crippen LogP contribution is -2.26. The Bertz CT molecular complexity index is 783. The number of amides is 1. The Morgan fingerprint density at radius 3 is 2.86 bits per heavy atom. The number of thiazole rings is 1. The maximum absolute atomic E-state index is 12.5. The van der Waals surface area contributed by atoms with Gasteiger partial charge in [0.25, 0.3) is 5.91 Å². The van der Waals surface area contributed by atoms with E-state index in [9.17, 15) is 4.79 Å². The summed E-state index contributed by atoms with van der Waals surface area (Å²) in [5.74, 6) is 0.202. The van der Waals surface area contributed by atoms with Crippen molar-refractivity contribution in [2.24, 2.45) is 0 Å². The molecule has 1 aromatic carbocycles. The van der Waals surface area contributed by atoms with Gasteiger partial charge in [-0.15, -0.1) is 11.3 Å². The van der Waals surface area contributed by atoms with E-state index in [1.807, 2.05) is 24.3 Å². The maximum atomic E-state index is 12.5. The SMILES string of the molecule is COc1ncccc1C(=O)N(C)Cc1nc2ccccc2s1. The Labute approximate surface area is 132 Å². The number of rotatable bonds is 4. The standard InChI is InChI=1S/C16H15N3O2S/c1-19(16(20)11-6-5-9-17-15(11)21-2)10-14-18-12-7-3-4-8-13(12)22-14/h3-9H,10H2,1-2H3. The number of nitrogens with zero attached hydrogens (tertiary/aromatic N) is 3. The Kier molecular flexibility index (Phi) is 4.02. The van der Waals surface area contributed by atoms with Gasteiger partial charge in [0.15, 0.2) is 0 Å². The van der Waals surface area contributed by atoms with Crippen molar-refractivity contribution in [3.05, 3.63) is 53.2 Å². The monoisotopic (exact) mass is 313 g/mol. The lowest BCUT2D eigenvalue weighted by molar-refractivity contribution is 0.0781. The summed E-state index contributed by atoms with van der Waals surface area (Å²) in [5.41, 5.74) is 1.41. The average molecular weight is 313 g/mol. The molecule has 0 spiro atoms. The van der Waals surface area contributed by atoms with Gasteiger partial charge in [-0.05, 0) is 24.3 Å². The number of carbonyl (C=O) groups excluding carboxylic acids is 1. The molecule has 1 amide bonds. The van der Waals surface area contributed by atoms with E-state index in [1.54, 1.807) is 41.6 Å². The molecule has 2 aromatic heterocycles.